The molecule has 2 heterocycles. The van der Waals surface area contributed by atoms with Gasteiger partial charge in [0.2, 0.25) is 0 Å². The zero-order chi connectivity index (χ0) is 14.5. The van der Waals surface area contributed by atoms with Crippen molar-refractivity contribution in [3.05, 3.63) is 23.9 Å². The predicted molar refractivity (Wildman–Crippen MR) is 99.3 cm³/mol. The van der Waals surface area contributed by atoms with Gasteiger partial charge in [-0.3, -0.25) is 0 Å². The summed E-state index contributed by atoms with van der Waals surface area (Å²) in [5.41, 5.74) is 7.21. The third kappa shape index (κ3) is 5.01. The Balaban J connectivity index is 0.00000220. The van der Waals surface area contributed by atoms with E-state index in [1.807, 2.05) is 25.1 Å². The fourth-order valence-corrected chi connectivity index (χ4v) is 2.46. The highest BCUT2D eigenvalue weighted by atomic mass is 127. The van der Waals surface area contributed by atoms with Crippen LogP contribution in [0.25, 0.3) is 0 Å². The van der Waals surface area contributed by atoms with Crippen LogP contribution in [0.5, 0.6) is 0 Å². The molecule has 0 unspecified atom stereocenters. The van der Waals surface area contributed by atoms with Crippen LogP contribution in [0.4, 0.5) is 5.82 Å². The Morgan fingerprint density at radius 3 is 2.71 bits per heavy atom. The van der Waals surface area contributed by atoms with E-state index in [0.29, 0.717) is 12.5 Å². The number of aliphatic imine (C=N–C) groups is 1. The van der Waals surface area contributed by atoms with Crippen molar-refractivity contribution in [1.29, 1.82) is 0 Å². The normalized spacial score (nSPS) is 16.5. The number of likely N-dealkylation sites (tertiary alicyclic amines) is 1. The number of nitrogens with two attached hydrogens (primary N) is 1. The molecule has 5 nitrogen and oxygen atoms in total. The lowest BCUT2D eigenvalue weighted by molar-refractivity contribution is 0.277. The van der Waals surface area contributed by atoms with Gasteiger partial charge in [0.05, 0.1) is 6.54 Å². The van der Waals surface area contributed by atoms with E-state index in [1.165, 1.54) is 12.8 Å². The molecule has 0 bridgehead atoms. The second-order valence-electron chi connectivity index (χ2n) is 5.72. The van der Waals surface area contributed by atoms with E-state index in [9.17, 15) is 0 Å². The second kappa shape index (κ2) is 8.41. The molecule has 1 fully saturated rings. The first-order valence-electron chi connectivity index (χ1n) is 7.24. The van der Waals surface area contributed by atoms with Crippen molar-refractivity contribution in [3.8, 4) is 0 Å². The standard InChI is InChI=1S/C15H25N5.HI/c1-12-6-9-20(10-7-12)15(16)18-11-13-5-4-8-17-14(13)19(2)3;/h4-5,8,12H,6-7,9-11H2,1-3H3,(H2,16,18);1H. The summed E-state index contributed by atoms with van der Waals surface area (Å²) in [6, 6.07) is 3.99. The molecular weight excluding hydrogens is 377 g/mol. The summed E-state index contributed by atoms with van der Waals surface area (Å²) in [4.78, 5) is 13.1. The van der Waals surface area contributed by atoms with E-state index in [-0.39, 0.29) is 24.0 Å². The van der Waals surface area contributed by atoms with Gasteiger partial charge in [-0.25, -0.2) is 9.98 Å². The summed E-state index contributed by atoms with van der Waals surface area (Å²) in [7, 11) is 3.98. The third-order valence-electron chi connectivity index (χ3n) is 3.81. The van der Waals surface area contributed by atoms with Gasteiger partial charge in [-0.1, -0.05) is 13.0 Å². The number of halogens is 1. The Kier molecular flexibility index (Phi) is 7.21. The molecule has 2 rings (SSSR count). The van der Waals surface area contributed by atoms with Crippen LogP contribution in [0.3, 0.4) is 0 Å². The number of nitrogens with zero attached hydrogens (tertiary/aromatic N) is 4. The highest BCUT2D eigenvalue weighted by Gasteiger charge is 2.17. The lowest BCUT2D eigenvalue weighted by Gasteiger charge is -2.31. The van der Waals surface area contributed by atoms with Crippen molar-refractivity contribution in [2.45, 2.75) is 26.3 Å². The predicted octanol–water partition coefficient (Wildman–Crippen LogP) is 2.31. The highest BCUT2D eigenvalue weighted by Crippen LogP contribution is 2.17. The molecule has 0 radical (unpaired) electrons. The van der Waals surface area contributed by atoms with Crippen molar-refractivity contribution in [2.24, 2.45) is 16.6 Å². The molecule has 0 saturated carbocycles. The van der Waals surface area contributed by atoms with Gasteiger partial charge < -0.3 is 15.5 Å². The summed E-state index contributed by atoms with van der Waals surface area (Å²) >= 11 is 0. The molecule has 0 atom stereocenters. The molecule has 21 heavy (non-hydrogen) atoms. The highest BCUT2D eigenvalue weighted by molar-refractivity contribution is 14.0. The average molecular weight is 403 g/mol. The first kappa shape index (κ1) is 18.0. The summed E-state index contributed by atoms with van der Waals surface area (Å²) in [5.74, 6) is 2.42. The van der Waals surface area contributed by atoms with E-state index in [4.69, 9.17) is 5.73 Å². The maximum absolute atomic E-state index is 6.11. The smallest absolute Gasteiger partial charge is 0.191 e. The Hall–Kier alpha value is -1.05. The monoisotopic (exact) mass is 403 g/mol. The van der Waals surface area contributed by atoms with E-state index in [2.05, 4.69) is 27.9 Å². The van der Waals surface area contributed by atoms with Crippen LogP contribution in [-0.4, -0.2) is 43.0 Å². The van der Waals surface area contributed by atoms with Gasteiger partial charge in [-0.2, -0.15) is 0 Å². The van der Waals surface area contributed by atoms with Crippen LogP contribution in [0.15, 0.2) is 23.3 Å². The van der Waals surface area contributed by atoms with E-state index < -0.39 is 0 Å². The number of guanidine groups is 1. The van der Waals surface area contributed by atoms with Crippen LogP contribution < -0.4 is 10.6 Å². The minimum atomic E-state index is 0. The quantitative estimate of drug-likeness (QED) is 0.478. The fraction of sp³-hybridized carbons (Fsp3) is 0.600. The zero-order valence-corrected chi connectivity index (χ0v) is 15.4. The number of hydrogen-bond donors (Lipinski definition) is 1. The molecule has 6 heteroatoms. The lowest BCUT2D eigenvalue weighted by atomic mass is 10.00. The summed E-state index contributed by atoms with van der Waals surface area (Å²) in [5, 5.41) is 0. The van der Waals surface area contributed by atoms with Gasteiger partial charge in [0, 0.05) is 38.9 Å². The van der Waals surface area contributed by atoms with Crippen LogP contribution in [0, 0.1) is 5.92 Å². The summed E-state index contributed by atoms with van der Waals surface area (Å²) in [6.45, 7) is 4.91. The van der Waals surface area contributed by atoms with Gasteiger partial charge in [-0.05, 0) is 24.8 Å². The molecule has 1 aliphatic heterocycles. The Labute approximate surface area is 144 Å². The molecule has 0 aliphatic carbocycles. The van der Waals surface area contributed by atoms with E-state index >= 15 is 0 Å². The SMILES string of the molecule is CC1CCN(C(N)=NCc2cccnc2N(C)C)CC1.I. The van der Waals surface area contributed by atoms with Crippen LogP contribution >= 0.6 is 24.0 Å². The first-order valence-corrected chi connectivity index (χ1v) is 7.24. The number of anilines is 1. The van der Waals surface area contributed by atoms with Crippen molar-refractivity contribution in [3.63, 3.8) is 0 Å². The maximum atomic E-state index is 6.11. The maximum Gasteiger partial charge on any atom is 0.191 e. The zero-order valence-electron chi connectivity index (χ0n) is 13.1. The molecule has 1 aliphatic rings. The molecule has 1 aromatic rings. The molecule has 0 amide bonds. The van der Waals surface area contributed by atoms with Crippen LogP contribution in [-0.2, 0) is 6.54 Å². The number of hydrogen-bond acceptors (Lipinski definition) is 3. The van der Waals surface area contributed by atoms with Gasteiger partial charge in [0.1, 0.15) is 5.82 Å². The molecule has 118 valence electrons. The van der Waals surface area contributed by atoms with Gasteiger partial charge >= 0.3 is 0 Å². The van der Waals surface area contributed by atoms with E-state index in [1.54, 1.807) is 6.20 Å². The van der Waals surface area contributed by atoms with E-state index in [0.717, 1.165) is 30.4 Å². The number of pyridine rings is 1. The Morgan fingerprint density at radius 1 is 1.43 bits per heavy atom. The lowest BCUT2D eigenvalue weighted by Crippen LogP contribution is -2.42. The topological polar surface area (TPSA) is 57.8 Å². The summed E-state index contributed by atoms with van der Waals surface area (Å²) in [6.07, 6.45) is 4.20. The fourth-order valence-electron chi connectivity index (χ4n) is 2.46. The minimum Gasteiger partial charge on any atom is -0.370 e. The second-order valence-corrected chi connectivity index (χ2v) is 5.72. The minimum absolute atomic E-state index is 0. The number of piperidine rings is 1. The van der Waals surface area contributed by atoms with Crippen molar-refractivity contribution >= 4 is 35.8 Å². The van der Waals surface area contributed by atoms with Crippen molar-refractivity contribution < 1.29 is 0 Å². The third-order valence-corrected chi connectivity index (χ3v) is 3.81. The van der Waals surface area contributed by atoms with Crippen LogP contribution in [0.1, 0.15) is 25.3 Å². The van der Waals surface area contributed by atoms with Crippen LogP contribution in [0.2, 0.25) is 0 Å². The van der Waals surface area contributed by atoms with Gasteiger partial charge in [0.15, 0.2) is 5.96 Å². The number of aromatic nitrogens is 1. The molecule has 0 aromatic carbocycles. The van der Waals surface area contributed by atoms with Gasteiger partial charge in [0.25, 0.3) is 0 Å². The average Bonchev–Trinajstić information content (AvgIpc) is 2.45. The number of rotatable bonds is 3. The summed E-state index contributed by atoms with van der Waals surface area (Å²) < 4.78 is 0. The molecule has 0 spiro atoms. The molecule has 2 N–H and O–H groups in total. The largest absolute Gasteiger partial charge is 0.370 e. The molecule has 1 saturated heterocycles. The van der Waals surface area contributed by atoms with Crippen molar-refractivity contribution in [1.82, 2.24) is 9.88 Å². The Bertz CT molecular complexity index is 467. The first-order chi connectivity index (χ1) is 9.58. The Morgan fingerprint density at radius 2 is 2.10 bits per heavy atom. The van der Waals surface area contributed by atoms with Crippen molar-refractivity contribution in [2.75, 3.05) is 32.1 Å². The molecular formula is C15H26IN5. The van der Waals surface area contributed by atoms with Gasteiger partial charge in [-0.15, -0.1) is 24.0 Å². The molecule has 1 aromatic heterocycles.